The molecule has 112 valence electrons. The monoisotopic (exact) mass is 289 g/mol. The summed E-state index contributed by atoms with van der Waals surface area (Å²) in [5.41, 5.74) is 0. The van der Waals surface area contributed by atoms with E-state index in [4.69, 9.17) is 5.14 Å². The normalized spacial score (nSPS) is 24.7. The van der Waals surface area contributed by atoms with Gasteiger partial charge in [0.05, 0.1) is 5.75 Å². The van der Waals surface area contributed by atoms with E-state index in [9.17, 15) is 8.42 Å². The Bertz CT molecular complexity index is 358. The number of nitrogens with zero attached hydrogens (tertiary/aromatic N) is 2. The van der Waals surface area contributed by atoms with Crippen molar-refractivity contribution in [3.8, 4) is 0 Å². The second-order valence-electron chi connectivity index (χ2n) is 6.01. The topological polar surface area (TPSA) is 66.6 Å². The van der Waals surface area contributed by atoms with Crippen LogP contribution in [0.3, 0.4) is 0 Å². The van der Waals surface area contributed by atoms with E-state index in [0.29, 0.717) is 6.54 Å². The standard InChI is InChI=1S/C13H27N3O2S/c14-19(17,18)11-10-15-6-8-16(9-7-15)12-13-4-2-1-3-5-13/h13H,1-12H2,(H2,14,17,18). The quantitative estimate of drug-likeness (QED) is 0.799. The maximum Gasteiger partial charge on any atom is 0.210 e. The van der Waals surface area contributed by atoms with Crippen LogP contribution in [0.25, 0.3) is 0 Å². The molecule has 1 aliphatic heterocycles. The van der Waals surface area contributed by atoms with Gasteiger partial charge in [-0.1, -0.05) is 19.3 Å². The van der Waals surface area contributed by atoms with Gasteiger partial charge in [0.25, 0.3) is 0 Å². The summed E-state index contributed by atoms with van der Waals surface area (Å²) in [5.74, 6) is 0.972. The molecule has 2 N–H and O–H groups in total. The second kappa shape index (κ2) is 7.02. The van der Waals surface area contributed by atoms with Crippen LogP contribution in [-0.4, -0.2) is 63.2 Å². The fourth-order valence-electron chi connectivity index (χ4n) is 3.19. The molecule has 5 nitrogen and oxygen atoms in total. The molecule has 0 atom stereocenters. The van der Waals surface area contributed by atoms with Crippen molar-refractivity contribution in [1.82, 2.24) is 9.80 Å². The van der Waals surface area contributed by atoms with Crippen molar-refractivity contribution < 1.29 is 8.42 Å². The van der Waals surface area contributed by atoms with Gasteiger partial charge in [0, 0.05) is 39.3 Å². The Morgan fingerprint density at radius 3 is 2.11 bits per heavy atom. The molecule has 2 aliphatic rings. The van der Waals surface area contributed by atoms with E-state index in [1.165, 1.54) is 38.6 Å². The number of nitrogens with two attached hydrogens (primary N) is 1. The fraction of sp³-hybridized carbons (Fsp3) is 1.00. The van der Waals surface area contributed by atoms with Gasteiger partial charge in [-0.15, -0.1) is 0 Å². The van der Waals surface area contributed by atoms with Gasteiger partial charge in [0.2, 0.25) is 10.0 Å². The predicted octanol–water partition coefficient (Wildman–Crippen LogP) is 0.473. The van der Waals surface area contributed by atoms with Gasteiger partial charge in [-0.25, -0.2) is 13.6 Å². The lowest BCUT2D eigenvalue weighted by Gasteiger charge is -2.37. The summed E-state index contributed by atoms with van der Waals surface area (Å²) in [6.07, 6.45) is 7.01. The first-order valence-corrected chi connectivity index (χ1v) is 9.20. The van der Waals surface area contributed by atoms with E-state index in [0.717, 1.165) is 32.1 Å². The van der Waals surface area contributed by atoms with Crippen LogP contribution in [0.2, 0.25) is 0 Å². The minimum absolute atomic E-state index is 0.0790. The lowest BCUT2D eigenvalue weighted by atomic mass is 9.89. The molecule has 0 radical (unpaired) electrons. The first-order valence-electron chi connectivity index (χ1n) is 7.48. The smallest absolute Gasteiger partial charge is 0.210 e. The summed E-state index contributed by atoms with van der Waals surface area (Å²) in [7, 11) is -3.31. The Morgan fingerprint density at radius 2 is 1.53 bits per heavy atom. The molecule has 6 heteroatoms. The zero-order chi connectivity index (χ0) is 13.7. The third kappa shape index (κ3) is 5.77. The first-order chi connectivity index (χ1) is 9.03. The maximum absolute atomic E-state index is 10.9. The largest absolute Gasteiger partial charge is 0.301 e. The van der Waals surface area contributed by atoms with Crippen LogP contribution in [0.4, 0.5) is 0 Å². The molecule has 0 spiro atoms. The summed E-state index contributed by atoms with van der Waals surface area (Å²) < 4.78 is 21.9. The molecule has 1 aliphatic carbocycles. The maximum atomic E-state index is 10.9. The molecule has 2 fully saturated rings. The van der Waals surface area contributed by atoms with E-state index >= 15 is 0 Å². The molecule has 1 saturated heterocycles. The van der Waals surface area contributed by atoms with Crippen molar-refractivity contribution in [2.45, 2.75) is 32.1 Å². The summed E-state index contributed by atoms with van der Waals surface area (Å²) in [4.78, 5) is 4.76. The molecule has 0 aromatic carbocycles. The van der Waals surface area contributed by atoms with Crippen LogP contribution >= 0.6 is 0 Å². The molecular formula is C13H27N3O2S. The van der Waals surface area contributed by atoms with Crippen molar-refractivity contribution in [3.05, 3.63) is 0 Å². The molecule has 19 heavy (non-hydrogen) atoms. The fourth-order valence-corrected chi connectivity index (χ4v) is 3.70. The van der Waals surface area contributed by atoms with Gasteiger partial charge in [-0.05, 0) is 18.8 Å². The number of primary sulfonamides is 1. The lowest BCUT2D eigenvalue weighted by molar-refractivity contribution is 0.113. The lowest BCUT2D eigenvalue weighted by Crippen LogP contribution is -2.49. The minimum atomic E-state index is -3.31. The van der Waals surface area contributed by atoms with Crippen molar-refractivity contribution in [1.29, 1.82) is 0 Å². The molecule has 1 heterocycles. The summed E-state index contributed by atoms with van der Waals surface area (Å²) >= 11 is 0. The third-order valence-electron chi connectivity index (χ3n) is 4.40. The number of rotatable bonds is 5. The Kier molecular flexibility index (Phi) is 5.62. The number of hydrogen-bond acceptors (Lipinski definition) is 4. The first kappa shape index (κ1) is 15.2. The highest BCUT2D eigenvalue weighted by Gasteiger charge is 2.21. The SMILES string of the molecule is NS(=O)(=O)CCN1CCN(CC2CCCCC2)CC1. The Labute approximate surface area is 117 Å². The second-order valence-corrected chi connectivity index (χ2v) is 7.75. The van der Waals surface area contributed by atoms with E-state index in [1.54, 1.807) is 0 Å². The van der Waals surface area contributed by atoms with Gasteiger partial charge < -0.3 is 4.90 Å². The third-order valence-corrected chi connectivity index (χ3v) is 5.15. The molecule has 0 unspecified atom stereocenters. The van der Waals surface area contributed by atoms with Crippen LogP contribution in [-0.2, 0) is 10.0 Å². The van der Waals surface area contributed by atoms with Crippen molar-refractivity contribution in [2.24, 2.45) is 11.1 Å². The van der Waals surface area contributed by atoms with Crippen molar-refractivity contribution in [2.75, 3.05) is 45.0 Å². The highest BCUT2D eigenvalue weighted by Crippen LogP contribution is 2.24. The highest BCUT2D eigenvalue weighted by molar-refractivity contribution is 7.89. The zero-order valence-corrected chi connectivity index (χ0v) is 12.6. The average molecular weight is 289 g/mol. The molecular weight excluding hydrogens is 262 g/mol. The van der Waals surface area contributed by atoms with Gasteiger partial charge in [-0.3, -0.25) is 4.90 Å². The number of piperazine rings is 1. The molecule has 0 aromatic heterocycles. The minimum Gasteiger partial charge on any atom is -0.301 e. The molecule has 1 saturated carbocycles. The Hall–Kier alpha value is -0.170. The van der Waals surface area contributed by atoms with Crippen LogP contribution < -0.4 is 5.14 Å². The van der Waals surface area contributed by atoms with E-state index in [2.05, 4.69) is 9.80 Å². The van der Waals surface area contributed by atoms with E-state index in [-0.39, 0.29) is 5.75 Å². The molecule has 0 bridgehead atoms. The Balaban J connectivity index is 1.64. The van der Waals surface area contributed by atoms with E-state index < -0.39 is 10.0 Å². The molecule has 2 rings (SSSR count). The predicted molar refractivity (Wildman–Crippen MR) is 77.4 cm³/mol. The van der Waals surface area contributed by atoms with Crippen LogP contribution in [0.5, 0.6) is 0 Å². The van der Waals surface area contributed by atoms with Crippen LogP contribution in [0.1, 0.15) is 32.1 Å². The van der Waals surface area contributed by atoms with Crippen LogP contribution in [0.15, 0.2) is 0 Å². The van der Waals surface area contributed by atoms with Gasteiger partial charge in [0.15, 0.2) is 0 Å². The zero-order valence-electron chi connectivity index (χ0n) is 11.8. The summed E-state index contributed by atoms with van der Waals surface area (Å²) in [6.45, 7) is 5.91. The summed E-state index contributed by atoms with van der Waals surface area (Å²) in [5, 5.41) is 5.04. The van der Waals surface area contributed by atoms with Crippen molar-refractivity contribution >= 4 is 10.0 Å². The number of sulfonamides is 1. The van der Waals surface area contributed by atoms with Crippen LogP contribution in [0, 0.1) is 5.92 Å². The molecule has 0 aromatic rings. The molecule has 0 amide bonds. The van der Waals surface area contributed by atoms with Gasteiger partial charge >= 0.3 is 0 Å². The highest BCUT2D eigenvalue weighted by atomic mass is 32.2. The Morgan fingerprint density at radius 1 is 0.947 bits per heavy atom. The average Bonchev–Trinajstić information content (AvgIpc) is 2.38. The van der Waals surface area contributed by atoms with E-state index in [1.807, 2.05) is 0 Å². The number of hydrogen-bond donors (Lipinski definition) is 1. The van der Waals surface area contributed by atoms with Gasteiger partial charge in [0.1, 0.15) is 0 Å². The van der Waals surface area contributed by atoms with Crippen molar-refractivity contribution in [3.63, 3.8) is 0 Å². The summed E-state index contributed by atoms with van der Waals surface area (Å²) in [6, 6.07) is 0. The van der Waals surface area contributed by atoms with Gasteiger partial charge in [-0.2, -0.15) is 0 Å².